The lowest BCUT2D eigenvalue weighted by Crippen LogP contribution is -2.25. The lowest BCUT2D eigenvalue weighted by atomic mass is 10.2. The van der Waals surface area contributed by atoms with E-state index < -0.39 is 0 Å². The molecule has 0 aliphatic carbocycles. The second-order valence-electron chi connectivity index (χ2n) is 4.66. The van der Waals surface area contributed by atoms with Crippen LogP contribution in [0.1, 0.15) is 15.2 Å². The molecular formula is C15H14N2OS2. The van der Waals surface area contributed by atoms with Crippen LogP contribution < -0.4 is 5.73 Å². The number of nitrogens with two attached hydrogens (primary N) is 1. The van der Waals surface area contributed by atoms with Gasteiger partial charge in [0.1, 0.15) is 0 Å². The number of thiophene rings is 2. The summed E-state index contributed by atoms with van der Waals surface area (Å²) in [6.45, 7) is 0.588. The summed E-state index contributed by atoms with van der Waals surface area (Å²) in [5.41, 5.74) is 7.48. The van der Waals surface area contributed by atoms with Crippen molar-refractivity contribution in [2.75, 3.05) is 12.8 Å². The van der Waals surface area contributed by atoms with Crippen molar-refractivity contribution in [2.24, 2.45) is 0 Å². The fourth-order valence-electron chi connectivity index (χ4n) is 2.03. The Balaban J connectivity index is 1.76. The van der Waals surface area contributed by atoms with Gasteiger partial charge in [0.2, 0.25) is 0 Å². The number of hydrogen-bond donors (Lipinski definition) is 1. The average Bonchev–Trinajstić information content (AvgIpc) is 3.01. The summed E-state index contributed by atoms with van der Waals surface area (Å²) in [6, 6.07) is 11.6. The Hall–Kier alpha value is -1.85. The molecule has 5 heteroatoms. The van der Waals surface area contributed by atoms with E-state index in [4.69, 9.17) is 5.73 Å². The van der Waals surface area contributed by atoms with Crippen LogP contribution in [0.15, 0.2) is 41.8 Å². The van der Waals surface area contributed by atoms with Gasteiger partial charge in [0, 0.05) is 28.7 Å². The number of amides is 1. The maximum absolute atomic E-state index is 12.4. The summed E-state index contributed by atoms with van der Waals surface area (Å²) in [5.74, 6) is 0.0650. The number of hydrogen-bond acceptors (Lipinski definition) is 4. The molecule has 0 aliphatic heterocycles. The van der Waals surface area contributed by atoms with Crippen LogP contribution in [0.4, 0.5) is 5.69 Å². The molecule has 0 fully saturated rings. The standard InChI is InChI=1S/C15H14N2OS2/c1-17(9-10-2-4-11(16)5-3-10)15(18)14-8-13-12(20-14)6-7-19-13/h2-8H,9,16H2,1H3. The zero-order valence-corrected chi connectivity index (χ0v) is 12.6. The minimum Gasteiger partial charge on any atom is -0.399 e. The number of nitrogens with zero attached hydrogens (tertiary/aromatic N) is 1. The number of carbonyl (C=O) groups is 1. The summed E-state index contributed by atoms with van der Waals surface area (Å²) < 4.78 is 2.36. The van der Waals surface area contributed by atoms with Crippen LogP contribution >= 0.6 is 22.7 Å². The van der Waals surface area contributed by atoms with Crippen molar-refractivity contribution >= 4 is 43.7 Å². The van der Waals surface area contributed by atoms with E-state index in [1.165, 1.54) is 9.40 Å². The van der Waals surface area contributed by atoms with Gasteiger partial charge in [-0.3, -0.25) is 4.79 Å². The topological polar surface area (TPSA) is 46.3 Å². The van der Waals surface area contributed by atoms with Crippen LogP contribution in [0.2, 0.25) is 0 Å². The molecule has 0 aliphatic rings. The Labute approximate surface area is 125 Å². The predicted octanol–water partition coefficient (Wildman–Crippen LogP) is 3.82. The van der Waals surface area contributed by atoms with Crippen molar-refractivity contribution < 1.29 is 4.79 Å². The molecule has 20 heavy (non-hydrogen) atoms. The fraction of sp³-hybridized carbons (Fsp3) is 0.133. The van der Waals surface area contributed by atoms with Gasteiger partial charge in [-0.2, -0.15) is 0 Å². The smallest absolute Gasteiger partial charge is 0.264 e. The van der Waals surface area contributed by atoms with Gasteiger partial charge < -0.3 is 10.6 Å². The van der Waals surface area contributed by atoms with Gasteiger partial charge >= 0.3 is 0 Å². The Kier molecular flexibility index (Phi) is 3.46. The lowest BCUT2D eigenvalue weighted by Gasteiger charge is -2.16. The lowest BCUT2D eigenvalue weighted by molar-refractivity contribution is 0.0790. The van der Waals surface area contributed by atoms with Crippen molar-refractivity contribution in [3.8, 4) is 0 Å². The third-order valence-electron chi connectivity index (χ3n) is 3.10. The maximum atomic E-state index is 12.4. The van der Waals surface area contributed by atoms with Crippen LogP contribution in [0, 0.1) is 0 Å². The molecule has 2 heterocycles. The zero-order valence-electron chi connectivity index (χ0n) is 11.0. The first kappa shape index (κ1) is 13.1. The van der Waals surface area contributed by atoms with Gasteiger partial charge in [-0.15, -0.1) is 22.7 Å². The quantitative estimate of drug-likeness (QED) is 0.748. The van der Waals surface area contributed by atoms with E-state index in [9.17, 15) is 4.79 Å². The summed E-state index contributed by atoms with van der Waals surface area (Å²) >= 11 is 3.22. The predicted molar refractivity (Wildman–Crippen MR) is 86.4 cm³/mol. The second-order valence-corrected chi connectivity index (χ2v) is 6.69. The van der Waals surface area contributed by atoms with Crippen LogP contribution in [-0.4, -0.2) is 17.9 Å². The molecule has 2 aromatic heterocycles. The number of fused-ring (bicyclic) bond motifs is 1. The summed E-state index contributed by atoms with van der Waals surface area (Å²) in [6.07, 6.45) is 0. The summed E-state index contributed by atoms with van der Waals surface area (Å²) in [5, 5.41) is 2.05. The van der Waals surface area contributed by atoms with Gasteiger partial charge in [-0.1, -0.05) is 12.1 Å². The molecule has 2 N–H and O–H groups in total. The number of benzene rings is 1. The van der Waals surface area contributed by atoms with E-state index in [0.717, 1.165) is 16.1 Å². The first-order valence-corrected chi connectivity index (χ1v) is 7.90. The Morgan fingerprint density at radius 3 is 2.65 bits per heavy atom. The van der Waals surface area contributed by atoms with Crippen LogP contribution in [0.3, 0.4) is 0 Å². The molecule has 3 rings (SSSR count). The molecule has 3 aromatic rings. The van der Waals surface area contributed by atoms with Crippen molar-refractivity contribution in [1.82, 2.24) is 4.90 Å². The minimum atomic E-state index is 0.0650. The van der Waals surface area contributed by atoms with Crippen molar-refractivity contribution in [3.05, 3.63) is 52.2 Å². The molecule has 0 unspecified atom stereocenters. The molecule has 1 aromatic carbocycles. The van der Waals surface area contributed by atoms with Crippen molar-refractivity contribution in [3.63, 3.8) is 0 Å². The third-order valence-corrected chi connectivity index (χ3v) is 5.18. The maximum Gasteiger partial charge on any atom is 0.264 e. The molecule has 1 amide bonds. The number of nitrogen functional groups attached to an aromatic ring is 1. The Morgan fingerprint density at radius 1 is 1.20 bits per heavy atom. The fourth-order valence-corrected chi connectivity index (χ4v) is 4.13. The molecule has 0 atom stereocenters. The molecular weight excluding hydrogens is 288 g/mol. The van der Waals surface area contributed by atoms with Gasteiger partial charge in [0.25, 0.3) is 5.91 Å². The highest BCUT2D eigenvalue weighted by molar-refractivity contribution is 7.27. The van der Waals surface area contributed by atoms with E-state index in [1.807, 2.05) is 42.8 Å². The monoisotopic (exact) mass is 302 g/mol. The van der Waals surface area contributed by atoms with E-state index in [1.54, 1.807) is 27.6 Å². The zero-order chi connectivity index (χ0) is 14.1. The highest BCUT2D eigenvalue weighted by atomic mass is 32.1. The molecule has 0 radical (unpaired) electrons. The Bertz CT molecular complexity index is 714. The molecule has 0 bridgehead atoms. The average molecular weight is 302 g/mol. The van der Waals surface area contributed by atoms with E-state index in [-0.39, 0.29) is 5.91 Å². The first-order valence-electron chi connectivity index (χ1n) is 6.20. The highest BCUT2D eigenvalue weighted by Gasteiger charge is 2.15. The van der Waals surface area contributed by atoms with Gasteiger partial charge in [0.05, 0.1) is 4.88 Å². The highest BCUT2D eigenvalue weighted by Crippen LogP contribution is 2.30. The van der Waals surface area contributed by atoms with Gasteiger partial charge in [0.15, 0.2) is 0 Å². The van der Waals surface area contributed by atoms with Gasteiger partial charge in [-0.25, -0.2) is 0 Å². The van der Waals surface area contributed by atoms with E-state index in [0.29, 0.717) is 6.54 Å². The molecule has 102 valence electrons. The molecule has 0 spiro atoms. The summed E-state index contributed by atoms with van der Waals surface area (Å²) in [7, 11) is 1.83. The normalized spacial score (nSPS) is 10.8. The third kappa shape index (κ3) is 2.55. The molecule has 0 saturated carbocycles. The van der Waals surface area contributed by atoms with E-state index >= 15 is 0 Å². The van der Waals surface area contributed by atoms with Gasteiger partial charge in [-0.05, 0) is 35.2 Å². The summed E-state index contributed by atoms with van der Waals surface area (Å²) in [4.78, 5) is 14.9. The SMILES string of the molecule is CN(Cc1ccc(N)cc1)C(=O)c1cc2sccc2s1. The van der Waals surface area contributed by atoms with Crippen LogP contribution in [0.5, 0.6) is 0 Å². The molecule has 0 saturated heterocycles. The first-order chi connectivity index (χ1) is 9.63. The number of carbonyl (C=O) groups excluding carboxylic acids is 1. The number of anilines is 1. The van der Waals surface area contributed by atoms with Crippen molar-refractivity contribution in [1.29, 1.82) is 0 Å². The minimum absolute atomic E-state index is 0.0650. The second kappa shape index (κ2) is 5.26. The Morgan fingerprint density at radius 2 is 1.95 bits per heavy atom. The number of rotatable bonds is 3. The van der Waals surface area contributed by atoms with Crippen LogP contribution in [0.25, 0.3) is 9.40 Å². The largest absolute Gasteiger partial charge is 0.399 e. The van der Waals surface area contributed by atoms with Crippen molar-refractivity contribution in [2.45, 2.75) is 6.54 Å². The van der Waals surface area contributed by atoms with E-state index in [2.05, 4.69) is 6.07 Å². The molecule has 3 nitrogen and oxygen atoms in total. The van der Waals surface area contributed by atoms with Crippen LogP contribution in [-0.2, 0) is 6.54 Å².